The minimum absolute atomic E-state index is 0. The highest BCUT2D eigenvalue weighted by Crippen LogP contribution is 2.14. The summed E-state index contributed by atoms with van der Waals surface area (Å²) in [6.45, 7) is 9.27. The first-order valence-corrected chi connectivity index (χ1v) is 11.8. The molecule has 2 heterocycles. The summed E-state index contributed by atoms with van der Waals surface area (Å²) >= 11 is 0. The number of piperidine rings is 1. The van der Waals surface area contributed by atoms with Gasteiger partial charge in [0.25, 0.3) is 5.91 Å². The van der Waals surface area contributed by atoms with Crippen LogP contribution in [-0.2, 0) is 16.0 Å². The Morgan fingerprint density at radius 3 is 2.66 bits per heavy atom. The Morgan fingerprint density at radius 2 is 1.97 bits per heavy atom. The zero-order valence-corrected chi connectivity index (χ0v) is 21.6. The van der Waals surface area contributed by atoms with E-state index < -0.39 is 0 Å². The Labute approximate surface area is 209 Å². The smallest absolute Gasteiger partial charge is 0.253 e. The molecule has 2 aliphatic rings. The van der Waals surface area contributed by atoms with Gasteiger partial charge in [0.2, 0.25) is 0 Å². The van der Waals surface area contributed by atoms with Crippen LogP contribution in [0.1, 0.15) is 54.9 Å². The number of nitrogens with one attached hydrogen (secondary N) is 2. The number of aliphatic imine (C=N–C) groups is 1. The number of carbonyl (C=O) groups excluding carboxylic acids is 1. The molecule has 1 amide bonds. The van der Waals surface area contributed by atoms with E-state index in [0.29, 0.717) is 12.5 Å². The molecule has 1 aromatic rings. The van der Waals surface area contributed by atoms with E-state index in [9.17, 15) is 4.79 Å². The lowest BCUT2D eigenvalue weighted by Gasteiger charge is -2.26. The standard InChI is InChI=1S/C24H38N4O3.HI/c1-2-25-24(26-12-6-15-30-18-21-11-16-31-19-21)27-17-20-7-9-22(10-8-20)23(29)28-13-4-3-5-14-28;/h7-10,21H,2-6,11-19H2,1H3,(H2,25,26,27);1H. The topological polar surface area (TPSA) is 75.2 Å². The SMILES string of the molecule is CCNC(=NCc1ccc(C(=O)N2CCCCC2)cc1)NCCCOCC1CCOC1.I. The summed E-state index contributed by atoms with van der Waals surface area (Å²) in [7, 11) is 0. The van der Waals surface area contributed by atoms with Crippen LogP contribution in [0, 0.1) is 5.92 Å². The van der Waals surface area contributed by atoms with Crippen LogP contribution in [0.15, 0.2) is 29.3 Å². The molecule has 0 spiro atoms. The van der Waals surface area contributed by atoms with Gasteiger partial charge >= 0.3 is 0 Å². The number of carbonyl (C=O) groups is 1. The molecule has 0 bridgehead atoms. The molecule has 1 atom stereocenters. The highest BCUT2D eigenvalue weighted by Gasteiger charge is 2.18. The molecule has 2 saturated heterocycles. The van der Waals surface area contributed by atoms with Crippen molar-refractivity contribution in [3.05, 3.63) is 35.4 Å². The van der Waals surface area contributed by atoms with Gasteiger partial charge in [-0.05, 0) is 56.7 Å². The van der Waals surface area contributed by atoms with E-state index in [4.69, 9.17) is 9.47 Å². The lowest BCUT2D eigenvalue weighted by Crippen LogP contribution is -2.38. The summed E-state index contributed by atoms with van der Waals surface area (Å²) in [5, 5.41) is 6.65. The third-order valence-electron chi connectivity index (χ3n) is 5.74. The van der Waals surface area contributed by atoms with Crippen molar-refractivity contribution < 1.29 is 14.3 Å². The molecule has 1 unspecified atom stereocenters. The molecule has 7 nitrogen and oxygen atoms in total. The van der Waals surface area contributed by atoms with Gasteiger partial charge in [0, 0.05) is 50.9 Å². The Balaban J connectivity index is 0.00000363. The van der Waals surface area contributed by atoms with E-state index in [2.05, 4.69) is 22.5 Å². The molecule has 32 heavy (non-hydrogen) atoms. The summed E-state index contributed by atoms with van der Waals surface area (Å²) in [5.74, 6) is 1.51. The van der Waals surface area contributed by atoms with Gasteiger partial charge in [-0.25, -0.2) is 4.99 Å². The van der Waals surface area contributed by atoms with Gasteiger partial charge in [0.1, 0.15) is 0 Å². The largest absolute Gasteiger partial charge is 0.381 e. The highest BCUT2D eigenvalue weighted by atomic mass is 127. The zero-order chi connectivity index (χ0) is 21.7. The van der Waals surface area contributed by atoms with E-state index in [0.717, 1.165) is 95.4 Å². The lowest BCUT2D eigenvalue weighted by atomic mass is 10.1. The second kappa shape index (κ2) is 15.4. The quantitative estimate of drug-likeness (QED) is 0.199. The lowest BCUT2D eigenvalue weighted by molar-refractivity contribution is 0.0724. The van der Waals surface area contributed by atoms with E-state index >= 15 is 0 Å². The maximum absolute atomic E-state index is 12.6. The second-order valence-corrected chi connectivity index (χ2v) is 8.33. The van der Waals surface area contributed by atoms with Gasteiger partial charge in [-0.3, -0.25) is 4.79 Å². The van der Waals surface area contributed by atoms with Crippen molar-refractivity contribution in [3.63, 3.8) is 0 Å². The average Bonchev–Trinajstić information content (AvgIpc) is 3.33. The third kappa shape index (κ3) is 9.23. The number of guanidine groups is 1. The molecule has 2 N–H and O–H groups in total. The summed E-state index contributed by atoms with van der Waals surface area (Å²) in [4.78, 5) is 19.2. The van der Waals surface area contributed by atoms with Crippen molar-refractivity contribution in [1.82, 2.24) is 15.5 Å². The van der Waals surface area contributed by atoms with Crippen molar-refractivity contribution in [2.45, 2.75) is 45.6 Å². The van der Waals surface area contributed by atoms with Crippen LogP contribution in [0.4, 0.5) is 0 Å². The number of benzene rings is 1. The molecule has 3 rings (SSSR count). The monoisotopic (exact) mass is 558 g/mol. The number of nitrogens with zero attached hydrogens (tertiary/aromatic N) is 2. The maximum Gasteiger partial charge on any atom is 0.253 e. The van der Waals surface area contributed by atoms with E-state index in [1.54, 1.807) is 0 Å². The fraction of sp³-hybridized carbons (Fsp3) is 0.667. The first kappa shape index (κ1) is 26.9. The van der Waals surface area contributed by atoms with E-state index in [1.165, 1.54) is 6.42 Å². The van der Waals surface area contributed by atoms with Gasteiger partial charge in [-0.1, -0.05) is 12.1 Å². The maximum atomic E-state index is 12.6. The van der Waals surface area contributed by atoms with Crippen molar-refractivity contribution in [2.24, 2.45) is 10.9 Å². The Bertz CT molecular complexity index is 687. The number of likely N-dealkylation sites (tertiary alicyclic amines) is 1. The highest BCUT2D eigenvalue weighted by molar-refractivity contribution is 14.0. The van der Waals surface area contributed by atoms with Gasteiger partial charge in [0.05, 0.1) is 19.8 Å². The Hall–Kier alpha value is -1.39. The molecule has 0 aromatic heterocycles. The molecule has 8 heteroatoms. The molecule has 180 valence electrons. The van der Waals surface area contributed by atoms with Gasteiger partial charge in [-0.2, -0.15) is 0 Å². The molecule has 2 aliphatic heterocycles. The van der Waals surface area contributed by atoms with Crippen LogP contribution in [0.2, 0.25) is 0 Å². The van der Waals surface area contributed by atoms with Crippen LogP contribution in [0.25, 0.3) is 0 Å². The minimum Gasteiger partial charge on any atom is -0.381 e. The molecule has 0 radical (unpaired) electrons. The summed E-state index contributed by atoms with van der Waals surface area (Å²) in [6, 6.07) is 7.86. The van der Waals surface area contributed by atoms with Crippen LogP contribution < -0.4 is 10.6 Å². The van der Waals surface area contributed by atoms with Crippen molar-refractivity contribution in [1.29, 1.82) is 0 Å². The predicted molar refractivity (Wildman–Crippen MR) is 139 cm³/mol. The summed E-state index contributed by atoms with van der Waals surface area (Å²) in [5.41, 5.74) is 1.86. The van der Waals surface area contributed by atoms with Gasteiger partial charge in [-0.15, -0.1) is 24.0 Å². The van der Waals surface area contributed by atoms with Gasteiger partial charge in [0.15, 0.2) is 5.96 Å². The van der Waals surface area contributed by atoms with E-state index in [1.807, 2.05) is 29.2 Å². The number of halogens is 1. The van der Waals surface area contributed by atoms with Gasteiger partial charge < -0.3 is 25.0 Å². The number of ether oxygens (including phenoxy) is 2. The third-order valence-corrected chi connectivity index (χ3v) is 5.74. The van der Waals surface area contributed by atoms with E-state index in [-0.39, 0.29) is 29.9 Å². The molecular weight excluding hydrogens is 519 g/mol. The molecule has 1 aromatic carbocycles. The molecular formula is C24H39IN4O3. The molecule has 0 aliphatic carbocycles. The minimum atomic E-state index is 0. The van der Waals surface area contributed by atoms with Crippen molar-refractivity contribution >= 4 is 35.8 Å². The van der Waals surface area contributed by atoms with Crippen molar-refractivity contribution in [2.75, 3.05) is 52.6 Å². The first-order valence-electron chi connectivity index (χ1n) is 11.8. The number of hydrogen-bond donors (Lipinski definition) is 2. The fourth-order valence-electron chi connectivity index (χ4n) is 3.89. The fourth-order valence-corrected chi connectivity index (χ4v) is 3.89. The van der Waals surface area contributed by atoms with Crippen LogP contribution in [0.3, 0.4) is 0 Å². The Kier molecular flexibility index (Phi) is 13.0. The number of amides is 1. The van der Waals surface area contributed by atoms with Crippen LogP contribution in [-0.4, -0.2) is 69.4 Å². The number of rotatable bonds is 10. The molecule has 2 fully saturated rings. The van der Waals surface area contributed by atoms with Crippen LogP contribution in [0.5, 0.6) is 0 Å². The average molecular weight is 559 g/mol. The van der Waals surface area contributed by atoms with Crippen LogP contribution >= 0.6 is 24.0 Å². The summed E-state index contributed by atoms with van der Waals surface area (Å²) in [6.07, 6.45) is 5.50. The number of hydrogen-bond acceptors (Lipinski definition) is 4. The zero-order valence-electron chi connectivity index (χ0n) is 19.3. The normalized spacial score (nSPS) is 18.8. The second-order valence-electron chi connectivity index (χ2n) is 8.33. The molecule has 0 saturated carbocycles. The first-order chi connectivity index (χ1) is 15.3. The van der Waals surface area contributed by atoms with Crippen molar-refractivity contribution in [3.8, 4) is 0 Å². The summed E-state index contributed by atoms with van der Waals surface area (Å²) < 4.78 is 11.1. The predicted octanol–water partition coefficient (Wildman–Crippen LogP) is 3.43. The Morgan fingerprint density at radius 1 is 1.19 bits per heavy atom.